The average molecular weight is 387 g/mol. The van der Waals surface area contributed by atoms with E-state index in [0.29, 0.717) is 12.0 Å². The summed E-state index contributed by atoms with van der Waals surface area (Å²) in [5.41, 5.74) is 3.65. The molecule has 100 valence electrons. The van der Waals surface area contributed by atoms with Crippen LogP contribution in [0.2, 0.25) is 0 Å². The lowest BCUT2D eigenvalue weighted by atomic mass is 9.96. The van der Waals surface area contributed by atoms with Gasteiger partial charge in [0.05, 0.1) is 24.9 Å². The van der Waals surface area contributed by atoms with E-state index >= 15 is 0 Å². The van der Waals surface area contributed by atoms with E-state index in [9.17, 15) is 4.79 Å². The van der Waals surface area contributed by atoms with Crippen molar-refractivity contribution in [3.63, 3.8) is 0 Å². The number of hydrogen-bond donors (Lipinski definition) is 0. The monoisotopic (exact) mass is 387 g/mol. The number of rotatable bonds is 3. The molecule has 0 radical (unpaired) electrons. The van der Waals surface area contributed by atoms with Crippen molar-refractivity contribution in [2.24, 2.45) is 0 Å². The Labute approximate surface area is 129 Å². The van der Waals surface area contributed by atoms with Gasteiger partial charge in [-0.1, -0.05) is 42.5 Å². The van der Waals surface area contributed by atoms with E-state index in [0.717, 1.165) is 23.4 Å². The molecule has 19 heavy (non-hydrogen) atoms. The molecule has 0 N–H and O–H groups in total. The highest BCUT2D eigenvalue weighted by molar-refractivity contribution is 14.2. The van der Waals surface area contributed by atoms with Gasteiger partial charge in [-0.15, -0.1) is 0 Å². The lowest BCUT2D eigenvalue weighted by Gasteiger charge is -2.31. The Hall–Kier alpha value is -0.950. The van der Waals surface area contributed by atoms with Crippen molar-refractivity contribution in [1.29, 1.82) is 0 Å². The summed E-state index contributed by atoms with van der Waals surface area (Å²) in [6.45, 7) is 4.76. The predicted octanol–water partition coefficient (Wildman–Crippen LogP) is 3.83. The molecule has 0 spiro atoms. The van der Waals surface area contributed by atoms with E-state index in [2.05, 4.69) is 32.1 Å². The van der Waals surface area contributed by atoms with Crippen molar-refractivity contribution in [1.82, 2.24) is 4.31 Å². The first-order chi connectivity index (χ1) is 9.17. The van der Waals surface area contributed by atoms with Gasteiger partial charge in [0.15, 0.2) is 0 Å². The molecule has 0 saturated carbocycles. The summed E-state index contributed by atoms with van der Waals surface area (Å²) < 4.78 is 6.98. The summed E-state index contributed by atoms with van der Waals surface area (Å²) in [7, 11) is 2.97. The second-order valence-electron chi connectivity index (χ2n) is 4.22. The predicted molar refractivity (Wildman–Crippen MR) is 87.5 cm³/mol. The van der Waals surface area contributed by atoms with E-state index < -0.39 is 0 Å². The lowest BCUT2D eigenvalue weighted by molar-refractivity contribution is -0.136. The zero-order valence-corrected chi connectivity index (χ0v) is 13.5. The largest absolute Gasteiger partial charge is 0.466 e. The molecule has 0 aliphatic carbocycles. The maximum Gasteiger partial charge on any atom is 0.336 e. The van der Waals surface area contributed by atoms with Crippen LogP contribution in [0.15, 0.2) is 48.1 Å². The molecule has 1 aliphatic heterocycles. The number of nitrogens with zero attached hydrogens (tertiary/aromatic N) is 1. The van der Waals surface area contributed by atoms with Gasteiger partial charge in [0, 0.05) is 36.7 Å². The first kappa shape index (κ1) is 14.5. The number of carbonyl (C=O) groups excluding carboxylic acids is 1. The minimum Gasteiger partial charge on any atom is -0.466 e. The molecule has 3 nitrogen and oxygen atoms in total. The van der Waals surface area contributed by atoms with Gasteiger partial charge in [-0.3, -0.25) is 0 Å². The van der Waals surface area contributed by atoms with Crippen molar-refractivity contribution in [3.8, 4) is 0 Å². The van der Waals surface area contributed by atoms with Crippen LogP contribution in [-0.2, 0) is 9.53 Å². The average Bonchev–Trinajstić information content (AvgIpc) is 2.46. The second-order valence-corrected chi connectivity index (χ2v) is 5.98. The van der Waals surface area contributed by atoms with Crippen molar-refractivity contribution >= 4 is 42.0 Å². The van der Waals surface area contributed by atoms with Gasteiger partial charge in [-0.25, -0.2) is 4.79 Å². The Balaban J connectivity index is 2.56. The maximum atomic E-state index is 12.0. The molecule has 1 aromatic carbocycles. The van der Waals surface area contributed by atoms with Crippen molar-refractivity contribution in [2.75, 3.05) is 13.7 Å². The fraction of sp³-hybridized carbons (Fsp3) is 0.214. The maximum absolute atomic E-state index is 12.0. The van der Waals surface area contributed by atoms with Crippen LogP contribution in [0.4, 0.5) is 0 Å². The summed E-state index contributed by atoms with van der Waals surface area (Å²) in [5, 5.41) is 0. The fourth-order valence-corrected chi connectivity index (χ4v) is 3.61. The summed E-state index contributed by atoms with van der Waals surface area (Å²) >= 11 is 2.22. The first-order valence-electron chi connectivity index (χ1n) is 5.77. The molecule has 0 bridgehead atoms. The Kier molecular flexibility index (Phi) is 4.93. The molecule has 0 amide bonds. The normalized spacial score (nSPS) is 15.7. The molecular weight excluding hydrogens is 373 g/mol. The van der Waals surface area contributed by atoms with Crippen LogP contribution in [-0.4, -0.2) is 23.9 Å². The molecule has 2 rings (SSSR count). The summed E-state index contributed by atoms with van der Waals surface area (Å²) in [6.07, 6.45) is 0.574. The van der Waals surface area contributed by atoms with Gasteiger partial charge < -0.3 is 9.04 Å². The zero-order chi connectivity index (χ0) is 13.8. The van der Waals surface area contributed by atoms with Crippen LogP contribution in [0.25, 0.3) is 5.70 Å². The zero-order valence-electron chi connectivity index (χ0n) is 10.6. The number of esters is 1. The highest BCUT2D eigenvalue weighted by Gasteiger charge is 2.28. The molecular formula is C14H14INO2S. The van der Waals surface area contributed by atoms with Gasteiger partial charge in [0.25, 0.3) is 0 Å². The van der Waals surface area contributed by atoms with Gasteiger partial charge in [0.2, 0.25) is 0 Å². The van der Waals surface area contributed by atoms with Crippen LogP contribution in [0, 0.1) is 0 Å². The van der Waals surface area contributed by atoms with Gasteiger partial charge in [-0.05, 0) is 5.56 Å². The van der Waals surface area contributed by atoms with Crippen LogP contribution in [0.1, 0.15) is 12.0 Å². The molecule has 0 atom stereocenters. The number of carbonyl (C=O) groups is 1. The minimum absolute atomic E-state index is 0.282. The number of halogens is 1. The minimum atomic E-state index is -0.282. The third-order valence-electron chi connectivity index (χ3n) is 2.89. The molecule has 1 aromatic rings. The van der Waals surface area contributed by atoms with Crippen LogP contribution >= 0.6 is 30.3 Å². The standard InChI is InChI=1S/C14H14INO2S/c1-10-8-12(14(17)18-2)13(16(9-10)19-15)11-6-4-3-5-7-11/h3-7H,1,8-9H2,2H3. The van der Waals surface area contributed by atoms with Crippen LogP contribution in [0.5, 0.6) is 0 Å². The van der Waals surface area contributed by atoms with Gasteiger partial charge in [0.1, 0.15) is 0 Å². The number of ether oxygens (including phenoxy) is 1. The Morgan fingerprint density at radius 1 is 1.42 bits per heavy atom. The number of methoxy groups -OCH3 is 1. The van der Waals surface area contributed by atoms with Crippen molar-refractivity contribution in [2.45, 2.75) is 6.42 Å². The van der Waals surface area contributed by atoms with E-state index in [1.165, 1.54) is 7.11 Å². The third-order valence-corrected chi connectivity index (χ3v) is 4.80. The SMILES string of the molecule is C=C1CC(C(=O)OC)=C(c2ccccc2)N(SI)C1. The number of hydrogen-bond acceptors (Lipinski definition) is 4. The Bertz CT molecular complexity index is 528. The van der Waals surface area contributed by atoms with Crippen LogP contribution in [0.3, 0.4) is 0 Å². The van der Waals surface area contributed by atoms with Crippen molar-refractivity contribution < 1.29 is 9.53 Å². The molecule has 0 fully saturated rings. The molecule has 1 heterocycles. The Morgan fingerprint density at radius 2 is 2.11 bits per heavy atom. The first-order valence-corrected chi connectivity index (χ1v) is 9.08. The summed E-state index contributed by atoms with van der Waals surface area (Å²) in [5.74, 6) is -0.282. The fourth-order valence-electron chi connectivity index (χ4n) is 2.09. The van der Waals surface area contributed by atoms with E-state index in [1.54, 1.807) is 9.12 Å². The molecule has 0 saturated heterocycles. The summed E-state index contributed by atoms with van der Waals surface area (Å²) in [4.78, 5) is 12.0. The highest BCUT2D eigenvalue weighted by atomic mass is 127. The smallest absolute Gasteiger partial charge is 0.336 e. The van der Waals surface area contributed by atoms with Crippen LogP contribution < -0.4 is 0 Å². The van der Waals surface area contributed by atoms with E-state index in [-0.39, 0.29) is 5.97 Å². The lowest BCUT2D eigenvalue weighted by Crippen LogP contribution is -2.25. The van der Waals surface area contributed by atoms with Crippen molar-refractivity contribution in [3.05, 3.63) is 53.6 Å². The summed E-state index contributed by atoms with van der Waals surface area (Å²) in [6, 6.07) is 9.91. The highest BCUT2D eigenvalue weighted by Crippen LogP contribution is 2.39. The topological polar surface area (TPSA) is 29.5 Å². The quantitative estimate of drug-likeness (QED) is 0.341. The number of benzene rings is 1. The van der Waals surface area contributed by atoms with E-state index in [4.69, 9.17) is 4.74 Å². The second kappa shape index (κ2) is 6.47. The molecule has 0 aromatic heterocycles. The molecule has 0 unspecified atom stereocenters. The molecule has 5 heteroatoms. The Morgan fingerprint density at radius 3 is 2.68 bits per heavy atom. The van der Waals surface area contributed by atoms with Gasteiger partial charge >= 0.3 is 5.97 Å². The molecule has 1 aliphatic rings. The van der Waals surface area contributed by atoms with Gasteiger partial charge in [-0.2, -0.15) is 0 Å². The third kappa shape index (κ3) is 3.14. The van der Waals surface area contributed by atoms with E-state index in [1.807, 2.05) is 30.3 Å².